The minimum absolute atomic E-state index is 0.117. The largest absolute Gasteiger partial charge is 0.513 e. The lowest BCUT2D eigenvalue weighted by Crippen LogP contribution is -2.49. The van der Waals surface area contributed by atoms with E-state index < -0.39 is 0 Å². The predicted octanol–water partition coefficient (Wildman–Crippen LogP) is 1.06. The van der Waals surface area contributed by atoms with E-state index >= 15 is 0 Å². The van der Waals surface area contributed by atoms with E-state index in [0.29, 0.717) is 0 Å². The molecule has 2 heterocycles. The maximum Gasteiger partial charge on any atom is 0.513 e. The molecule has 0 unspecified atom stereocenters. The smallest absolute Gasteiger partial charge is 0.406 e. The first-order chi connectivity index (χ1) is 7.62. The van der Waals surface area contributed by atoms with Crippen molar-refractivity contribution in [2.45, 2.75) is 33.7 Å². The van der Waals surface area contributed by atoms with Crippen LogP contribution in [0.15, 0.2) is 12.3 Å². The number of hydrogen-bond donors (Lipinski definition) is 0. The number of aryl methyl sites for hydroxylation is 1. The van der Waals surface area contributed by atoms with Crippen LogP contribution in [0.2, 0.25) is 0 Å². The summed E-state index contributed by atoms with van der Waals surface area (Å²) < 4.78 is 13.4. The van der Waals surface area contributed by atoms with Crippen LogP contribution in [0.25, 0.3) is 0 Å². The summed E-state index contributed by atoms with van der Waals surface area (Å²) >= 11 is 0. The Kier molecular flexibility index (Phi) is 3.35. The highest BCUT2D eigenvalue weighted by molar-refractivity contribution is 6.60. The van der Waals surface area contributed by atoms with Gasteiger partial charge in [0.15, 0.2) is 0 Å². The van der Waals surface area contributed by atoms with E-state index in [1.54, 1.807) is 6.20 Å². The Bertz CT molecular complexity index is 342. The molecular formula is C11H19BN2O2. The fraction of sp³-hybridized carbons (Fsp3) is 0.727. The van der Waals surface area contributed by atoms with Gasteiger partial charge < -0.3 is 9.31 Å². The summed E-state index contributed by atoms with van der Waals surface area (Å²) in [5.41, 5.74) is 1.14. The summed E-state index contributed by atoms with van der Waals surface area (Å²) in [4.78, 5) is 0. The topological polar surface area (TPSA) is 36.3 Å². The first-order valence-electron chi connectivity index (χ1n) is 5.87. The van der Waals surface area contributed by atoms with Crippen molar-refractivity contribution in [1.82, 2.24) is 9.78 Å². The summed E-state index contributed by atoms with van der Waals surface area (Å²) in [5, 5.41) is 4.27. The quantitative estimate of drug-likeness (QED) is 0.717. The van der Waals surface area contributed by atoms with Crippen molar-refractivity contribution in [3.05, 3.63) is 12.3 Å². The molecule has 0 amide bonds. The zero-order valence-electron chi connectivity index (χ0n) is 10.3. The van der Waals surface area contributed by atoms with Crippen molar-refractivity contribution in [2.24, 2.45) is 5.41 Å². The van der Waals surface area contributed by atoms with Gasteiger partial charge in [-0.15, -0.1) is 0 Å². The molecule has 1 saturated heterocycles. The molecule has 0 radical (unpaired) electrons. The summed E-state index contributed by atoms with van der Waals surface area (Å²) in [7, 11) is -0.248. The van der Waals surface area contributed by atoms with Crippen LogP contribution in [0.3, 0.4) is 0 Å². The van der Waals surface area contributed by atoms with Gasteiger partial charge in [-0.3, -0.25) is 4.68 Å². The molecule has 4 nitrogen and oxygen atoms in total. The Labute approximate surface area is 97.1 Å². The van der Waals surface area contributed by atoms with Gasteiger partial charge in [-0.25, -0.2) is 0 Å². The number of nitrogens with zero attached hydrogens (tertiary/aromatic N) is 2. The lowest BCUT2D eigenvalue weighted by molar-refractivity contribution is 0.0336. The highest BCUT2D eigenvalue weighted by Gasteiger charge is 2.35. The van der Waals surface area contributed by atoms with Gasteiger partial charge in [-0.2, -0.15) is 5.10 Å². The summed E-state index contributed by atoms with van der Waals surface area (Å²) in [6, 6.07) is 1.97. The Morgan fingerprint density at radius 3 is 2.75 bits per heavy atom. The molecule has 0 aromatic carbocycles. The van der Waals surface area contributed by atoms with Crippen molar-refractivity contribution >= 4 is 12.7 Å². The Balaban J connectivity index is 2.05. The molecule has 0 N–H and O–H groups in total. The number of aromatic nitrogens is 2. The van der Waals surface area contributed by atoms with E-state index in [1.165, 1.54) is 0 Å². The second-order valence-corrected chi connectivity index (χ2v) is 5.10. The normalized spacial score (nSPS) is 20.1. The van der Waals surface area contributed by atoms with Gasteiger partial charge in [0.25, 0.3) is 0 Å². The van der Waals surface area contributed by atoms with Crippen LogP contribution in [-0.4, -0.2) is 30.1 Å². The highest BCUT2D eigenvalue weighted by atomic mass is 16.6. The molecule has 1 aromatic heterocycles. The molecule has 88 valence electrons. The molecule has 1 aliphatic heterocycles. The third-order valence-corrected chi connectivity index (χ3v) is 2.68. The van der Waals surface area contributed by atoms with Gasteiger partial charge in [0.1, 0.15) is 0 Å². The maximum atomic E-state index is 5.74. The number of rotatable bonds is 3. The van der Waals surface area contributed by atoms with E-state index in [9.17, 15) is 0 Å². The average molecular weight is 222 g/mol. The summed E-state index contributed by atoms with van der Waals surface area (Å²) in [6.07, 6.45) is 2.87. The average Bonchev–Trinajstić information content (AvgIpc) is 2.67. The first kappa shape index (κ1) is 11.7. The molecule has 0 atom stereocenters. The second kappa shape index (κ2) is 4.59. The van der Waals surface area contributed by atoms with Gasteiger partial charge >= 0.3 is 7.12 Å². The summed E-state index contributed by atoms with van der Waals surface area (Å²) in [5.74, 6) is 0. The van der Waals surface area contributed by atoms with Crippen LogP contribution in [0.5, 0.6) is 0 Å². The molecule has 1 aliphatic rings. The van der Waals surface area contributed by atoms with Gasteiger partial charge in [-0.1, -0.05) is 20.8 Å². The first-order valence-corrected chi connectivity index (χ1v) is 5.87. The molecule has 0 saturated carbocycles. The Morgan fingerprint density at radius 2 is 2.12 bits per heavy atom. The lowest BCUT2D eigenvalue weighted by Gasteiger charge is -2.33. The standard InChI is InChI=1S/C11H19BN2O2/c1-4-7-14-10(5-6-13-14)12-15-8-11(2,3)9-16-12/h5-6H,4,7-9H2,1-3H3. The molecule has 0 aliphatic carbocycles. The monoisotopic (exact) mass is 222 g/mol. The van der Waals surface area contributed by atoms with Crippen LogP contribution in [0.1, 0.15) is 27.2 Å². The van der Waals surface area contributed by atoms with Gasteiger partial charge in [-0.05, 0) is 12.5 Å². The zero-order valence-corrected chi connectivity index (χ0v) is 10.3. The molecule has 1 fully saturated rings. The molecule has 16 heavy (non-hydrogen) atoms. The molecule has 5 heteroatoms. The second-order valence-electron chi connectivity index (χ2n) is 5.10. The van der Waals surface area contributed by atoms with Crippen LogP contribution in [-0.2, 0) is 15.9 Å². The lowest BCUT2D eigenvalue weighted by atomic mass is 9.80. The third kappa shape index (κ3) is 2.47. The van der Waals surface area contributed by atoms with Gasteiger partial charge in [0, 0.05) is 31.4 Å². The fourth-order valence-electron chi connectivity index (χ4n) is 1.80. The van der Waals surface area contributed by atoms with E-state index in [-0.39, 0.29) is 12.5 Å². The van der Waals surface area contributed by atoms with Crippen LogP contribution in [0.4, 0.5) is 0 Å². The van der Waals surface area contributed by atoms with E-state index in [0.717, 1.165) is 31.8 Å². The molecule has 0 spiro atoms. The van der Waals surface area contributed by atoms with Crippen LogP contribution >= 0.6 is 0 Å². The minimum atomic E-state index is -0.248. The van der Waals surface area contributed by atoms with Crippen LogP contribution in [0, 0.1) is 5.41 Å². The summed E-state index contributed by atoms with van der Waals surface area (Å²) in [6.45, 7) is 8.80. The zero-order chi connectivity index (χ0) is 11.6. The molecule has 0 bridgehead atoms. The van der Waals surface area contributed by atoms with Crippen molar-refractivity contribution in [3.63, 3.8) is 0 Å². The highest BCUT2D eigenvalue weighted by Crippen LogP contribution is 2.21. The Hall–Kier alpha value is -0.805. The third-order valence-electron chi connectivity index (χ3n) is 2.68. The van der Waals surface area contributed by atoms with Gasteiger partial charge in [0.2, 0.25) is 0 Å². The maximum absolute atomic E-state index is 5.74. The molecule has 1 aromatic rings. The fourth-order valence-corrected chi connectivity index (χ4v) is 1.80. The predicted molar refractivity (Wildman–Crippen MR) is 63.6 cm³/mol. The van der Waals surface area contributed by atoms with Gasteiger partial charge in [0.05, 0.1) is 5.59 Å². The van der Waals surface area contributed by atoms with E-state index in [2.05, 4.69) is 25.9 Å². The van der Waals surface area contributed by atoms with Crippen molar-refractivity contribution < 1.29 is 9.31 Å². The minimum Gasteiger partial charge on any atom is -0.406 e. The Morgan fingerprint density at radius 1 is 1.44 bits per heavy atom. The van der Waals surface area contributed by atoms with Crippen molar-refractivity contribution in [2.75, 3.05) is 13.2 Å². The van der Waals surface area contributed by atoms with E-state index in [4.69, 9.17) is 9.31 Å². The van der Waals surface area contributed by atoms with Crippen molar-refractivity contribution in [1.29, 1.82) is 0 Å². The number of hydrogen-bond acceptors (Lipinski definition) is 3. The molecular weight excluding hydrogens is 203 g/mol. The molecule has 2 rings (SSSR count). The SMILES string of the molecule is CCCn1nccc1B1OCC(C)(C)CO1. The van der Waals surface area contributed by atoms with Crippen LogP contribution < -0.4 is 5.59 Å². The van der Waals surface area contributed by atoms with E-state index in [1.807, 2.05) is 10.7 Å². The van der Waals surface area contributed by atoms with Crippen molar-refractivity contribution in [3.8, 4) is 0 Å².